The molecule has 0 aliphatic heterocycles. The second-order valence-corrected chi connectivity index (χ2v) is 16.8. The first-order chi connectivity index (χ1) is 23.8. The Morgan fingerprint density at radius 2 is 0.583 bits per heavy atom. The third-order valence-corrected chi connectivity index (χ3v) is 12.0. The molecule has 2 nitrogen and oxygen atoms in total. The molecule has 0 aliphatic carbocycles. The molecule has 0 aromatic carbocycles. The largest absolute Gasteiger partial charge is 0.205 e. The lowest BCUT2D eigenvalue weighted by Gasteiger charge is -2.04. The minimum absolute atomic E-state index is 1.17. The van der Waals surface area contributed by atoms with E-state index in [2.05, 4.69) is 72.0 Å². The molecule has 0 bridgehead atoms. The van der Waals surface area contributed by atoms with Crippen LogP contribution in [0, 0.1) is 0 Å². The molecule has 2 aromatic rings. The van der Waals surface area contributed by atoms with Gasteiger partial charge in [-0.05, 0) is 37.2 Å². The van der Waals surface area contributed by atoms with E-state index in [1.165, 1.54) is 214 Å². The average Bonchev–Trinajstić information content (AvgIpc) is 3.11. The highest BCUT2D eigenvalue weighted by atomic mass is 32.2. The second-order valence-electron chi connectivity index (χ2n) is 14.4. The molecule has 0 spiro atoms. The fourth-order valence-corrected chi connectivity index (χ4v) is 8.38. The van der Waals surface area contributed by atoms with E-state index in [9.17, 15) is 0 Å². The normalized spacial score (nSPS) is 11.5. The predicted octanol–water partition coefficient (Wildman–Crippen LogP) is 14.1. The highest BCUT2D eigenvalue weighted by Gasteiger charge is 2.04. The van der Waals surface area contributed by atoms with Gasteiger partial charge in [0, 0.05) is 46.9 Å². The van der Waals surface area contributed by atoms with Crippen LogP contribution in [0.4, 0.5) is 0 Å². The summed E-state index contributed by atoms with van der Waals surface area (Å²) in [4.78, 5) is 2.87. The SMILES string of the molecule is CCCCCCCCCCCC[n+]1ccc(SCCCCCCCCCCSc2cc[n+](CCCCCCCCCCCC)cc2)cc1. The molecule has 48 heavy (non-hydrogen) atoms. The summed E-state index contributed by atoms with van der Waals surface area (Å²) in [6.07, 6.45) is 48.5. The smallest absolute Gasteiger partial charge is 0.169 e. The van der Waals surface area contributed by atoms with Crippen LogP contribution in [0.15, 0.2) is 58.8 Å². The molecule has 2 aromatic heterocycles. The summed E-state index contributed by atoms with van der Waals surface area (Å²) in [5, 5.41) is 0. The van der Waals surface area contributed by atoms with Crippen LogP contribution in [-0.2, 0) is 13.1 Å². The van der Waals surface area contributed by atoms with E-state index in [1.807, 2.05) is 23.5 Å². The van der Waals surface area contributed by atoms with Gasteiger partial charge in [0.1, 0.15) is 13.1 Å². The van der Waals surface area contributed by atoms with Crippen molar-refractivity contribution in [2.75, 3.05) is 11.5 Å². The minimum atomic E-state index is 1.17. The Hall–Kier alpha value is -1.00. The molecule has 2 heterocycles. The van der Waals surface area contributed by atoms with Gasteiger partial charge in [-0.25, -0.2) is 9.13 Å². The molecular weight excluding hydrogens is 621 g/mol. The lowest BCUT2D eigenvalue weighted by molar-refractivity contribution is -0.697. The maximum Gasteiger partial charge on any atom is 0.169 e. The van der Waals surface area contributed by atoms with Crippen LogP contribution in [0.25, 0.3) is 0 Å². The van der Waals surface area contributed by atoms with Crippen molar-refractivity contribution in [1.82, 2.24) is 0 Å². The fourth-order valence-electron chi connectivity index (χ4n) is 6.59. The number of aryl methyl sites for hydroxylation is 2. The highest BCUT2D eigenvalue weighted by Crippen LogP contribution is 2.21. The third-order valence-electron chi connectivity index (χ3n) is 9.84. The Morgan fingerprint density at radius 1 is 0.333 bits per heavy atom. The zero-order valence-corrected chi connectivity index (χ0v) is 33.6. The molecule has 4 heteroatoms. The van der Waals surface area contributed by atoms with E-state index in [1.54, 1.807) is 0 Å². The number of nitrogens with zero attached hydrogens (tertiary/aromatic N) is 2. The van der Waals surface area contributed by atoms with Crippen molar-refractivity contribution >= 4 is 23.5 Å². The van der Waals surface area contributed by atoms with E-state index < -0.39 is 0 Å². The molecule has 0 amide bonds. The molecule has 2 rings (SSSR count). The Morgan fingerprint density at radius 3 is 0.875 bits per heavy atom. The Balaban J connectivity index is 1.32. The first-order valence-electron chi connectivity index (χ1n) is 21.1. The van der Waals surface area contributed by atoms with E-state index in [0.717, 1.165) is 0 Å². The number of hydrogen-bond acceptors (Lipinski definition) is 2. The summed E-state index contributed by atoms with van der Waals surface area (Å²) in [7, 11) is 0. The zero-order valence-electron chi connectivity index (χ0n) is 32.0. The standard InChI is InChI=1S/C44H78N2S2/c1-3-5-7-9-11-13-15-19-23-27-35-45-37-31-43(32-38-45)47-41-29-25-21-17-18-22-26-30-42-48-44-33-39-46(40-34-44)36-28-24-20-16-14-12-10-8-6-4-2/h31-34,37-40H,3-30,35-36,41-42H2,1-2H3/q+2. The van der Waals surface area contributed by atoms with Gasteiger partial charge in [0.15, 0.2) is 24.8 Å². The fraction of sp³-hybridized carbons (Fsp3) is 0.773. The molecule has 274 valence electrons. The number of hydrogen-bond donors (Lipinski definition) is 0. The summed E-state index contributed by atoms with van der Waals surface area (Å²) in [6, 6.07) is 9.31. The summed E-state index contributed by atoms with van der Waals surface area (Å²) in [5.41, 5.74) is 0. The zero-order chi connectivity index (χ0) is 34.0. The monoisotopic (exact) mass is 699 g/mol. The van der Waals surface area contributed by atoms with Gasteiger partial charge in [-0.1, -0.05) is 155 Å². The van der Waals surface area contributed by atoms with Gasteiger partial charge in [-0.2, -0.15) is 0 Å². The summed E-state index contributed by atoms with van der Waals surface area (Å²) >= 11 is 4.08. The van der Waals surface area contributed by atoms with Gasteiger partial charge in [0.25, 0.3) is 0 Å². The highest BCUT2D eigenvalue weighted by molar-refractivity contribution is 7.99. The molecule has 0 atom stereocenters. The average molecular weight is 699 g/mol. The van der Waals surface area contributed by atoms with Crippen LogP contribution in [-0.4, -0.2) is 11.5 Å². The lowest BCUT2D eigenvalue weighted by atomic mass is 10.1. The Kier molecular flexibility index (Phi) is 29.8. The second kappa shape index (κ2) is 33.2. The molecule has 0 saturated carbocycles. The van der Waals surface area contributed by atoms with Crippen molar-refractivity contribution in [3.05, 3.63) is 49.1 Å². The summed E-state index contributed by atoms with van der Waals surface area (Å²) < 4.78 is 4.76. The van der Waals surface area contributed by atoms with E-state index in [4.69, 9.17) is 0 Å². The molecule has 0 radical (unpaired) electrons. The minimum Gasteiger partial charge on any atom is -0.205 e. The van der Waals surface area contributed by atoms with Crippen molar-refractivity contribution in [1.29, 1.82) is 0 Å². The number of thioether (sulfide) groups is 2. The molecule has 0 N–H and O–H groups in total. The van der Waals surface area contributed by atoms with Gasteiger partial charge >= 0.3 is 0 Å². The lowest BCUT2D eigenvalue weighted by Crippen LogP contribution is -2.32. The van der Waals surface area contributed by atoms with Crippen LogP contribution in [0.2, 0.25) is 0 Å². The van der Waals surface area contributed by atoms with E-state index in [-0.39, 0.29) is 0 Å². The van der Waals surface area contributed by atoms with Gasteiger partial charge in [-0.15, -0.1) is 23.5 Å². The van der Waals surface area contributed by atoms with Crippen molar-refractivity contribution < 1.29 is 9.13 Å². The van der Waals surface area contributed by atoms with Crippen molar-refractivity contribution in [3.8, 4) is 0 Å². The van der Waals surface area contributed by atoms with Gasteiger partial charge in [-0.3, -0.25) is 0 Å². The first-order valence-corrected chi connectivity index (χ1v) is 23.0. The number of pyridine rings is 2. The van der Waals surface area contributed by atoms with E-state index >= 15 is 0 Å². The quantitative estimate of drug-likeness (QED) is 0.0402. The number of unbranched alkanes of at least 4 members (excludes halogenated alkanes) is 25. The van der Waals surface area contributed by atoms with Crippen LogP contribution >= 0.6 is 23.5 Å². The molecule has 0 aliphatic rings. The predicted molar refractivity (Wildman–Crippen MR) is 215 cm³/mol. The Labute approximate surface area is 308 Å². The van der Waals surface area contributed by atoms with Crippen LogP contribution in [0.1, 0.15) is 194 Å². The first kappa shape index (κ1) is 43.2. The van der Waals surface area contributed by atoms with E-state index in [0.29, 0.717) is 0 Å². The van der Waals surface area contributed by atoms with Crippen molar-refractivity contribution in [2.24, 2.45) is 0 Å². The maximum absolute atomic E-state index is 2.38. The molecule has 0 unspecified atom stereocenters. The van der Waals surface area contributed by atoms with Gasteiger partial charge in [0.2, 0.25) is 0 Å². The van der Waals surface area contributed by atoms with Crippen LogP contribution in [0.3, 0.4) is 0 Å². The van der Waals surface area contributed by atoms with Crippen LogP contribution < -0.4 is 9.13 Å². The Bertz CT molecular complexity index is 852. The van der Waals surface area contributed by atoms with Gasteiger partial charge in [0.05, 0.1) is 0 Å². The van der Waals surface area contributed by atoms with Crippen LogP contribution in [0.5, 0.6) is 0 Å². The topological polar surface area (TPSA) is 7.76 Å². The maximum atomic E-state index is 2.38. The number of rotatable bonds is 35. The van der Waals surface area contributed by atoms with Crippen molar-refractivity contribution in [2.45, 2.75) is 217 Å². The number of aromatic nitrogens is 2. The van der Waals surface area contributed by atoms with Crippen molar-refractivity contribution in [3.63, 3.8) is 0 Å². The summed E-state index contributed by atoms with van der Waals surface area (Å²) in [5.74, 6) is 2.52. The molecular formula is C44H78N2S2+2. The summed E-state index contributed by atoms with van der Waals surface area (Å²) in [6.45, 7) is 6.95. The molecule has 0 saturated heterocycles. The molecule has 0 fully saturated rings. The van der Waals surface area contributed by atoms with Gasteiger partial charge < -0.3 is 0 Å². The third kappa shape index (κ3) is 25.9.